The monoisotopic (exact) mass is 276 g/mol. The van der Waals surface area contributed by atoms with Crippen molar-refractivity contribution in [1.82, 2.24) is 0 Å². The lowest BCUT2D eigenvalue weighted by molar-refractivity contribution is -0.138. The van der Waals surface area contributed by atoms with Gasteiger partial charge in [0.25, 0.3) is 0 Å². The van der Waals surface area contributed by atoms with Crippen molar-refractivity contribution >= 4 is 33.5 Å². The minimum Gasteiger partial charge on any atom is -0.481 e. The molecule has 0 spiro atoms. The van der Waals surface area contributed by atoms with Crippen LogP contribution in [-0.2, 0) is 10.1 Å². The molecule has 1 aromatic rings. The second-order valence-corrected chi connectivity index (χ2v) is 3.97. The summed E-state index contributed by atoms with van der Waals surface area (Å²) < 4.78 is 0. The first kappa shape index (κ1) is 11.5. The summed E-state index contributed by atoms with van der Waals surface area (Å²) in [4.78, 5) is 10.8. The van der Waals surface area contributed by atoms with Gasteiger partial charge >= 0.3 is 5.97 Å². The van der Waals surface area contributed by atoms with Crippen LogP contribution < -0.4 is 0 Å². The molecule has 0 fully saturated rings. The summed E-state index contributed by atoms with van der Waals surface area (Å²) in [5.74, 6) is -1.43. The van der Waals surface area contributed by atoms with Crippen molar-refractivity contribution in [2.45, 2.75) is 18.2 Å². The van der Waals surface area contributed by atoms with Gasteiger partial charge in [-0.15, -0.1) is 0 Å². The molecule has 0 amide bonds. The third kappa shape index (κ3) is 2.28. The molecule has 0 bridgehead atoms. The van der Waals surface area contributed by atoms with Crippen molar-refractivity contribution in [2.24, 2.45) is 0 Å². The highest BCUT2D eigenvalue weighted by molar-refractivity contribution is 9.08. The number of carboxylic acid groups (broad SMARTS) is 1. The largest absolute Gasteiger partial charge is 0.481 e. The Kier molecular flexibility index (Phi) is 3.96. The fourth-order valence-corrected chi connectivity index (χ4v) is 2.15. The van der Waals surface area contributed by atoms with E-state index in [1.165, 1.54) is 0 Å². The summed E-state index contributed by atoms with van der Waals surface area (Å²) in [5, 5.41) is 10.0. The molecule has 0 saturated heterocycles. The number of rotatable bonds is 3. The van der Waals surface area contributed by atoms with Crippen molar-refractivity contribution in [1.29, 1.82) is 0 Å². The van der Waals surface area contributed by atoms with Gasteiger partial charge in [0.15, 0.2) is 0 Å². The van der Waals surface area contributed by atoms with Gasteiger partial charge in [0, 0.05) is 10.4 Å². The zero-order valence-electron chi connectivity index (χ0n) is 7.63. The van der Waals surface area contributed by atoms with Gasteiger partial charge in [-0.2, -0.15) is 0 Å². The topological polar surface area (TPSA) is 37.3 Å². The van der Waals surface area contributed by atoms with Gasteiger partial charge in [-0.05, 0) is 24.1 Å². The maximum absolute atomic E-state index is 10.8. The lowest BCUT2D eigenvalue weighted by Gasteiger charge is -2.13. The second kappa shape index (κ2) is 4.80. The molecule has 1 rings (SSSR count). The Morgan fingerprint density at radius 2 is 2.29 bits per heavy atom. The first-order valence-corrected chi connectivity index (χ1v) is 5.64. The summed E-state index contributed by atoms with van der Waals surface area (Å²) in [5.41, 5.74) is 1.62. The maximum Gasteiger partial charge on any atom is 0.310 e. The molecule has 1 unspecified atom stereocenters. The molecule has 0 aliphatic rings. The predicted octanol–water partition coefficient (Wildman–Crippen LogP) is 3.42. The molecule has 0 radical (unpaired) electrons. The van der Waals surface area contributed by atoms with E-state index < -0.39 is 11.9 Å². The molecule has 4 heteroatoms. The van der Waals surface area contributed by atoms with Crippen molar-refractivity contribution in [3.8, 4) is 0 Å². The SMILES string of the molecule is CC(C(=O)O)c1c(Cl)cccc1CBr. The summed E-state index contributed by atoms with van der Waals surface area (Å²) >= 11 is 9.27. The van der Waals surface area contributed by atoms with Crippen LogP contribution in [0.3, 0.4) is 0 Å². The third-order valence-electron chi connectivity index (χ3n) is 2.09. The average molecular weight is 278 g/mol. The van der Waals surface area contributed by atoms with E-state index in [0.29, 0.717) is 15.9 Å². The molecule has 0 heterocycles. The fourth-order valence-electron chi connectivity index (χ4n) is 1.31. The summed E-state index contributed by atoms with van der Waals surface area (Å²) in [6.07, 6.45) is 0. The number of hydrogen-bond donors (Lipinski definition) is 1. The molecular formula is C10H10BrClO2. The Morgan fingerprint density at radius 1 is 1.64 bits per heavy atom. The molecule has 2 nitrogen and oxygen atoms in total. The second-order valence-electron chi connectivity index (χ2n) is 3.01. The molecule has 0 aliphatic heterocycles. The molecule has 14 heavy (non-hydrogen) atoms. The first-order valence-electron chi connectivity index (χ1n) is 4.14. The summed E-state index contributed by atoms with van der Waals surface area (Å²) in [7, 11) is 0. The lowest BCUT2D eigenvalue weighted by atomic mass is 9.96. The van der Waals surface area contributed by atoms with Crippen LogP contribution >= 0.6 is 27.5 Å². The van der Waals surface area contributed by atoms with E-state index in [1.807, 2.05) is 12.1 Å². The zero-order chi connectivity index (χ0) is 10.7. The Hall–Kier alpha value is -0.540. The van der Waals surface area contributed by atoms with Crippen LogP contribution in [0.4, 0.5) is 0 Å². The van der Waals surface area contributed by atoms with Gasteiger partial charge in [-0.25, -0.2) is 0 Å². The quantitative estimate of drug-likeness (QED) is 0.860. The van der Waals surface area contributed by atoms with Crippen LogP contribution in [0.1, 0.15) is 24.0 Å². The van der Waals surface area contributed by atoms with E-state index in [0.717, 1.165) is 5.56 Å². The van der Waals surface area contributed by atoms with Crippen molar-refractivity contribution in [3.63, 3.8) is 0 Å². The van der Waals surface area contributed by atoms with Gasteiger partial charge < -0.3 is 5.11 Å². The smallest absolute Gasteiger partial charge is 0.310 e. The number of carbonyl (C=O) groups is 1. The van der Waals surface area contributed by atoms with Crippen molar-refractivity contribution < 1.29 is 9.90 Å². The highest BCUT2D eigenvalue weighted by Gasteiger charge is 2.19. The van der Waals surface area contributed by atoms with Crippen molar-refractivity contribution in [2.75, 3.05) is 0 Å². The zero-order valence-corrected chi connectivity index (χ0v) is 9.97. The Bertz CT molecular complexity index is 352. The number of carboxylic acids is 1. The van der Waals surface area contributed by atoms with Crippen LogP contribution in [-0.4, -0.2) is 11.1 Å². The van der Waals surface area contributed by atoms with Gasteiger partial charge in [0.05, 0.1) is 5.92 Å². The molecule has 1 atom stereocenters. The van der Waals surface area contributed by atoms with Gasteiger partial charge in [0.2, 0.25) is 0 Å². The molecule has 0 aromatic heterocycles. The molecule has 1 aromatic carbocycles. The standard InChI is InChI=1S/C10H10BrClO2/c1-6(10(13)14)9-7(5-11)3-2-4-8(9)12/h2-4,6H,5H2,1H3,(H,13,14). The predicted molar refractivity (Wildman–Crippen MR) is 60.1 cm³/mol. The van der Waals surface area contributed by atoms with E-state index in [4.69, 9.17) is 16.7 Å². The van der Waals surface area contributed by atoms with Crippen molar-refractivity contribution in [3.05, 3.63) is 34.3 Å². The minimum atomic E-state index is -0.861. The molecular weight excluding hydrogens is 267 g/mol. The maximum atomic E-state index is 10.8. The number of alkyl halides is 1. The van der Waals surface area contributed by atoms with E-state index in [9.17, 15) is 4.79 Å². The van der Waals surface area contributed by atoms with Crippen LogP contribution in [0, 0.1) is 0 Å². The average Bonchev–Trinajstić information content (AvgIpc) is 2.16. The fraction of sp³-hybridized carbons (Fsp3) is 0.300. The minimum absolute atomic E-state index is 0.511. The van der Waals surface area contributed by atoms with Crippen LogP contribution in [0.5, 0.6) is 0 Å². The lowest BCUT2D eigenvalue weighted by Crippen LogP contribution is -2.10. The first-order chi connectivity index (χ1) is 6.57. The highest BCUT2D eigenvalue weighted by atomic mass is 79.9. The molecule has 0 aliphatic carbocycles. The Labute approximate surface area is 96.0 Å². The molecule has 76 valence electrons. The number of aliphatic carboxylic acids is 1. The number of halogens is 2. The van der Waals surface area contributed by atoms with E-state index in [1.54, 1.807) is 13.0 Å². The van der Waals surface area contributed by atoms with E-state index in [-0.39, 0.29) is 0 Å². The number of benzene rings is 1. The van der Waals surface area contributed by atoms with Crippen LogP contribution in [0.15, 0.2) is 18.2 Å². The Morgan fingerprint density at radius 3 is 2.79 bits per heavy atom. The Balaban J connectivity index is 3.23. The highest BCUT2D eigenvalue weighted by Crippen LogP contribution is 2.29. The van der Waals surface area contributed by atoms with Gasteiger partial charge in [-0.1, -0.05) is 39.7 Å². The molecule has 0 saturated carbocycles. The van der Waals surface area contributed by atoms with Crippen LogP contribution in [0.2, 0.25) is 5.02 Å². The van der Waals surface area contributed by atoms with E-state index >= 15 is 0 Å². The normalized spacial score (nSPS) is 12.5. The van der Waals surface area contributed by atoms with E-state index in [2.05, 4.69) is 15.9 Å². The summed E-state index contributed by atoms with van der Waals surface area (Å²) in [6, 6.07) is 5.40. The summed E-state index contributed by atoms with van der Waals surface area (Å²) in [6.45, 7) is 1.63. The number of hydrogen-bond acceptors (Lipinski definition) is 1. The third-order valence-corrected chi connectivity index (χ3v) is 3.02. The van der Waals surface area contributed by atoms with Gasteiger partial charge in [0.1, 0.15) is 0 Å². The van der Waals surface area contributed by atoms with Gasteiger partial charge in [-0.3, -0.25) is 4.79 Å². The van der Waals surface area contributed by atoms with Crippen LogP contribution in [0.25, 0.3) is 0 Å². The molecule has 1 N–H and O–H groups in total.